The van der Waals surface area contributed by atoms with Gasteiger partial charge in [0.15, 0.2) is 0 Å². The molecule has 0 spiro atoms. The van der Waals surface area contributed by atoms with E-state index >= 15 is 0 Å². The van der Waals surface area contributed by atoms with Crippen LogP contribution in [0, 0.1) is 11.7 Å². The summed E-state index contributed by atoms with van der Waals surface area (Å²) in [6.45, 7) is 0.0716. The van der Waals surface area contributed by atoms with Gasteiger partial charge in [-0.3, -0.25) is 9.59 Å². The van der Waals surface area contributed by atoms with Gasteiger partial charge in [-0.25, -0.2) is 9.82 Å². The van der Waals surface area contributed by atoms with E-state index in [0.717, 1.165) is 18.4 Å². The molecule has 0 saturated heterocycles. The number of carbonyl (C=O) groups excluding carboxylic acids is 2. The standard InChI is InChI=1S/C19H18FN3O2/c20-16-9-5-4-8-15(16)19(25)21-12-17(13-6-2-1-3-7-13)22-23-18(24)14-10-11-14/h1-9,14H,10-12H2,(H,21,25)(H,23,24). The first-order valence-electron chi connectivity index (χ1n) is 8.09. The number of benzene rings is 2. The molecule has 0 radical (unpaired) electrons. The molecule has 0 aliphatic heterocycles. The van der Waals surface area contributed by atoms with E-state index in [0.29, 0.717) is 5.71 Å². The van der Waals surface area contributed by atoms with Gasteiger partial charge in [0.2, 0.25) is 5.91 Å². The van der Waals surface area contributed by atoms with E-state index < -0.39 is 11.7 Å². The van der Waals surface area contributed by atoms with Gasteiger partial charge in [0.1, 0.15) is 5.82 Å². The molecular formula is C19H18FN3O2. The molecule has 2 aromatic carbocycles. The second kappa shape index (κ2) is 7.70. The number of hydrogen-bond acceptors (Lipinski definition) is 3. The van der Waals surface area contributed by atoms with Gasteiger partial charge in [-0.2, -0.15) is 5.10 Å². The molecule has 6 heteroatoms. The average Bonchev–Trinajstić information content (AvgIpc) is 3.47. The molecule has 1 saturated carbocycles. The summed E-state index contributed by atoms with van der Waals surface area (Å²) in [6, 6.07) is 15.0. The van der Waals surface area contributed by atoms with Gasteiger partial charge < -0.3 is 5.32 Å². The van der Waals surface area contributed by atoms with Crippen LogP contribution in [0.3, 0.4) is 0 Å². The average molecular weight is 339 g/mol. The second-order valence-electron chi connectivity index (χ2n) is 5.84. The van der Waals surface area contributed by atoms with E-state index in [1.165, 1.54) is 18.2 Å². The topological polar surface area (TPSA) is 70.6 Å². The Morgan fingerprint density at radius 2 is 1.72 bits per heavy atom. The molecule has 128 valence electrons. The zero-order valence-corrected chi connectivity index (χ0v) is 13.5. The molecule has 25 heavy (non-hydrogen) atoms. The zero-order chi connectivity index (χ0) is 17.6. The minimum atomic E-state index is -0.583. The van der Waals surface area contributed by atoms with Crippen molar-refractivity contribution >= 4 is 17.5 Å². The SMILES string of the molecule is O=C(NCC(=NNC(=O)C1CC1)c1ccccc1)c1ccccc1F. The first-order valence-corrected chi connectivity index (χ1v) is 8.09. The van der Waals surface area contributed by atoms with Crippen LogP contribution in [0.2, 0.25) is 0 Å². The Hall–Kier alpha value is -3.02. The number of hydrazone groups is 1. The number of nitrogens with one attached hydrogen (secondary N) is 2. The van der Waals surface area contributed by atoms with Gasteiger partial charge >= 0.3 is 0 Å². The molecule has 5 nitrogen and oxygen atoms in total. The van der Waals surface area contributed by atoms with Gasteiger partial charge in [0, 0.05) is 5.92 Å². The van der Waals surface area contributed by atoms with Crippen molar-refractivity contribution in [1.29, 1.82) is 0 Å². The third kappa shape index (κ3) is 4.50. The maximum atomic E-state index is 13.7. The zero-order valence-electron chi connectivity index (χ0n) is 13.5. The molecule has 2 aromatic rings. The summed E-state index contributed by atoms with van der Waals surface area (Å²) < 4.78 is 13.7. The third-order valence-electron chi connectivity index (χ3n) is 3.89. The lowest BCUT2D eigenvalue weighted by Gasteiger charge is -2.10. The molecule has 0 unspecified atom stereocenters. The molecule has 0 heterocycles. The first-order chi connectivity index (χ1) is 12.1. The predicted molar refractivity (Wildman–Crippen MR) is 92.6 cm³/mol. The summed E-state index contributed by atoms with van der Waals surface area (Å²) >= 11 is 0. The number of rotatable bonds is 6. The van der Waals surface area contributed by atoms with Crippen LogP contribution in [0.5, 0.6) is 0 Å². The molecule has 0 aromatic heterocycles. The van der Waals surface area contributed by atoms with Crippen LogP contribution in [-0.2, 0) is 4.79 Å². The van der Waals surface area contributed by atoms with Gasteiger partial charge in [0.25, 0.3) is 5.91 Å². The summed E-state index contributed by atoms with van der Waals surface area (Å²) in [6.07, 6.45) is 1.76. The van der Waals surface area contributed by atoms with Crippen LogP contribution in [0.1, 0.15) is 28.8 Å². The minimum absolute atomic E-state index is 0.0306. The second-order valence-corrected chi connectivity index (χ2v) is 5.84. The fraction of sp³-hybridized carbons (Fsp3) is 0.211. The molecular weight excluding hydrogens is 321 g/mol. The first kappa shape index (κ1) is 16.8. The van der Waals surface area contributed by atoms with Crippen LogP contribution in [0.4, 0.5) is 4.39 Å². The number of nitrogens with zero attached hydrogens (tertiary/aromatic N) is 1. The van der Waals surface area contributed by atoms with Crippen molar-refractivity contribution in [1.82, 2.24) is 10.7 Å². The number of halogens is 1. The highest BCUT2D eigenvalue weighted by Gasteiger charge is 2.29. The Morgan fingerprint density at radius 3 is 2.40 bits per heavy atom. The van der Waals surface area contributed by atoms with E-state index in [1.807, 2.05) is 30.3 Å². The summed E-state index contributed by atoms with van der Waals surface area (Å²) in [7, 11) is 0. The fourth-order valence-corrected chi connectivity index (χ4v) is 2.30. The Balaban J connectivity index is 1.71. The van der Waals surface area contributed by atoms with Crippen molar-refractivity contribution in [3.8, 4) is 0 Å². The number of amides is 2. The quantitative estimate of drug-likeness (QED) is 0.627. The monoisotopic (exact) mass is 339 g/mol. The van der Waals surface area contributed by atoms with Crippen molar-refractivity contribution in [2.45, 2.75) is 12.8 Å². The molecule has 1 aliphatic rings. The summed E-state index contributed by atoms with van der Waals surface area (Å²) in [5.41, 5.74) is 3.78. The van der Waals surface area contributed by atoms with E-state index in [2.05, 4.69) is 15.8 Å². The van der Waals surface area contributed by atoms with Crippen molar-refractivity contribution in [3.63, 3.8) is 0 Å². The van der Waals surface area contributed by atoms with Gasteiger partial charge in [0.05, 0.1) is 17.8 Å². The molecule has 1 fully saturated rings. The molecule has 2 amide bonds. The predicted octanol–water partition coefficient (Wildman–Crippen LogP) is 2.49. The van der Waals surface area contributed by atoms with E-state index in [-0.39, 0.29) is 23.9 Å². The summed E-state index contributed by atoms with van der Waals surface area (Å²) in [5, 5.41) is 6.80. The molecule has 1 aliphatic carbocycles. The summed E-state index contributed by atoms with van der Waals surface area (Å²) in [4.78, 5) is 24.0. The van der Waals surface area contributed by atoms with Crippen LogP contribution >= 0.6 is 0 Å². The highest BCUT2D eigenvalue weighted by Crippen LogP contribution is 2.28. The Morgan fingerprint density at radius 1 is 1.04 bits per heavy atom. The van der Waals surface area contributed by atoms with Crippen molar-refractivity contribution in [2.75, 3.05) is 6.54 Å². The van der Waals surface area contributed by atoms with Crippen LogP contribution in [0.25, 0.3) is 0 Å². The maximum absolute atomic E-state index is 13.7. The lowest BCUT2D eigenvalue weighted by Crippen LogP contribution is -2.32. The molecule has 2 N–H and O–H groups in total. The van der Waals surface area contributed by atoms with Crippen LogP contribution < -0.4 is 10.7 Å². The van der Waals surface area contributed by atoms with Crippen LogP contribution in [-0.4, -0.2) is 24.1 Å². The molecule has 0 bridgehead atoms. The van der Waals surface area contributed by atoms with Crippen molar-refractivity contribution in [2.24, 2.45) is 11.0 Å². The number of carbonyl (C=O) groups is 2. The smallest absolute Gasteiger partial charge is 0.254 e. The van der Waals surface area contributed by atoms with E-state index in [9.17, 15) is 14.0 Å². The third-order valence-corrected chi connectivity index (χ3v) is 3.89. The number of hydrogen-bond donors (Lipinski definition) is 2. The largest absolute Gasteiger partial charge is 0.346 e. The highest BCUT2D eigenvalue weighted by molar-refractivity contribution is 6.05. The van der Waals surface area contributed by atoms with E-state index in [4.69, 9.17) is 0 Å². The van der Waals surface area contributed by atoms with Gasteiger partial charge in [-0.1, -0.05) is 42.5 Å². The Kier molecular flexibility index (Phi) is 5.18. The fourth-order valence-electron chi connectivity index (χ4n) is 2.30. The lowest BCUT2D eigenvalue weighted by molar-refractivity contribution is -0.122. The normalized spacial score (nSPS) is 14.0. The van der Waals surface area contributed by atoms with Gasteiger partial charge in [-0.15, -0.1) is 0 Å². The molecule has 3 rings (SSSR count). The summed E-state index contributed by atoms with van der Waals surface area (Å²) in [5.74, 6) is -1.20. The highest BCUT2D eigenvalue weighted by atomic mass is 19.1. The van der Waals surface area contributed by atoms with Crippen molar-refractivity contribution < 1.29 is 14.0 Å². The Labute approximate surface area is 144 Å². The Bertz CT molecular complexity index is 801. The maximum Gasteiger partial charge on any atom is 0.254 e. The van der Waals surface area contributed by atoms with Crippen LogP contribution in [0.15, 0.2) is 59.7 Å². The van der Waals surface area contributed by atoms with E-state index in [1.54, 1.807) is 6.07 Å². The molecule has 0 atom stereocenters. The van der Waals surface area contributed by atoms with Crippen molar-refractivity contribution in [3.05, 3.63) is 71.5 Å². The lowest BCUT2D eigenvalue weighted by atomic mass is 10.1. The minimum Gasteiger partial charge on any atom is -0.346 e. The van der Waals surface area contributed by atoms with Gasteiger partial charge in [-0.05, 0) is 30.5 Å².